The first kappa shape index (κ1) is 16.0. The van der Waals surface area contributed by atoms with Crippen molar-refractivity contribution in [2.45, 2.75) is 25.8 Å². The van der Waals surface area contributed by atoms with Gasteiger partial charge >= 0.3 is 5.97 Å². The normalized spacial score (nSPS) is 11.7. The summed E-state index contributed by atoms with van der Waals surface area (Å²) in [5.41, 5.74) is 0.889. The monoisotopic (exact) mass is 281 g/mol. The molecule has 0 bridgehead atoms. The molecule has 0 aliphatic rings. The van der Waals surface area contributed by atoms with Gasteiger partial charge in [0, 0.05) is 6.42 Å². The fourth-order valence-corrected chi connectivity index (χ4v) is 1.71. The number of hydrogen-bond donors (Lipinski definition) is 3. The zero-order valence-electron chi connectivity index (χ0n) is 11.3. The lowest BCUT2D eigenvalue weighted by Crippen LogP contribution is -2.43. The molecule has 6 nitrogen and oxygen atoms in total. The molecular formula is C14H19NO5. The minimum absolute atomic E-state index is 0.133. The molecule has 0 aromatic heterocycles. The van der Waals surface area contributed by atoms with E-state index in [-0.39, 0.29) is 6.42 Å². The summed E-state index contributed by atoms with van der Waals surface area (Å²) in [6.45, 7) is 1.79. The zero-order chi connectivity index (χ0) is 15.0. The molecule has 0 heterocycles. The number of carbonyl (C=O) groups excluding carboxylic acids is 1. The Labute approximate surface area is 117 Å². The summed E-state index contributed by atoms with van der Waals surface area (Å²) in [7, 11) is 0. The fourth-order valence-electron chi connectivity index (χ4n) is 1.71. The maximum atomic E-state index is 11.6. The van der Waals surface area contributed by atoms with Crippen molar-refractivity contribution >= 4 is 11.9 Å². The maximum absolute atomic E-state index is 11.6. The lowest BCUT2D eigenvalue weighted by atomic mass is 10.1. The molecule has 1 unspecified atom stereocenters. The molecule has 3 N–H and O–H groups in total. The van der Waals surface area contributed by atoms with E-state index < -0.39 is 24.5 Å². The van der Waals surface area contributed by atoms with Crippen LogP contribution in [0.5, 0.6) is 5.75 Å². The van der Waals surface area contributed by atoms with Crippen LogP contribution >= 0.6 is 0 Å². The summed E-state index contributed by atoms with van der Waals surface area (Å²) in [5, 5.41) is 19.8. The van der Waals surface area contributed by atoms with Gasteiger partial charge in [-0.15, -0.1) is 0 Å². The zero-order valence-corrected chi connectivity index (χ0v) is 11.3. The molecule has 20 heavy (non-hydrogen) atoms. The Kier molecular flexibility index (Phi) is 6.52. The van der Waals surface area contributed by atoms with E-state index in [9.17, 15) is 9.59 Å². The van der Waals surface area contributed by atoms with E-state index in [0.29, 0.717) is 13.0 Å². The second-order valence-electron chi connectivity index (χ2n) is 4.18. The van der Waals surface area contributed by atoms with Crippen molar-refractivity contribution < 1.29 is 24.5 Å². The van der Waals surface area contributed by atoms with Crippen LogP contribution < -0.4 is 10.1 Å². The van der Waals surface area contributed by atoms with Crippen molar-refractivity contribution in [3.63, 3.8) is 0 Å². The van der Waals surface area contributed by atoms with Gasteiger partial charge in [0.05, 0.1) is 13.2 Å². The van der Waals surface area contributed by atoms with Crippen molar-refractivity contribution in [3.8, 4) is 5.75 Å². The number of aliphatic carboxylic acids is 1. The van der Waals surface area contributed by atoms with Gasteiger partial charge in [0.25, 0.3) is 0 Å². The molecule has 1 aromatic rings. The number of rotatable bonds is 8. The number of carboxylic acids is 1. The number of aliphatic hydroxyl groups excluding tert-OH is 1. The van der Waals surface area contributed by atoms with Crippen LogP contribution in [0.15, 0.2) is 24.3 Å². The lowest BCUT2D eigenvalue weighted by molar-refractivity contribution is -0.142. The van der Waals surface area contributed by atoms with Gasteiger partial charge in [-0.25, -0.2) is 4.79 Å². The Morgan fingerprint density at radius 1 is 1.35 bits per heavy atom. The van der Waals surface area contributed by atoms with Crippen LogP contribution in [0.1, 0.15) is 18.9 Å². The third kappa shape index (κ3) is 4.89. The molecule has 1 aromatic carbocycles. The van der Waals surface area contributed by atoms with Crippen LogP contribution in [-0.4, -0.2) is 41.3 Å². The predicted molar refractivity (Wildman–Crippen MR) is 72.6 cm³/mol. The second kappa shape index (κ2) is 8.16. The van der Waals surface area contributed by atoms with Gasteiger partial charge in [0.1, 0.15) is 11.8 Å². The highest BCUT2D eigenvalue weighted by atomic mass is 16.5. The highest BCUT2D eigenvalue weighted by molar-refractivity contribution is 5.83. The van der Waals surface area contributed by atoms with E-state index in [1.807, 2.05) is 31.2 Å². The molecule has 0 fully saturated rings. The van der Waals surface area contributed by atoms with Gasteiger partial charge in [-0.05, 0) is 25.0 Å². The van der Waals surface area contributed by atoms with Crippen LogP contribution in [0.4, 0.5) is 0 Å². The number of benzene rings is 1. The fraction of sp³-hybridized carbons (Fsp3) is 0.429. The van der Waals surface area contributed by atoms with Gasteiger partial charge in [0.2, 0.25) is 5.91 Å². The average Bonchev–Trinajstić information content (AvgIpc) is 2.43. The number of amides is 1. The summed E-state index contributed by atoms with van der Waals surface area (Å²) in [4.78, 5) is 22.3. The maximum Gasteiger partial charge on any atom is 0.328 e. The highest BCUT2D eigenvalue weighted by Crippen LogP contribution is 2.19. The number of nitrogens with one attached hydrogen (secondary N) is 1. The van der Waals surface area contributed by atoms with Gasteiger partial charge in [-0.1, -0.05) is 18.2 Å². The average molecular weight is 281 g/mol. The van der Waals surface area contributed by atoms with Gasteiger partial charge < -0.3 is 20.3 Å². The summed E-state index contributed by atoms with van der Waals surface area (Å²) in [5.74, 6) is -0.951. The molecular weight excluding hydrogens is 262 g/mol. The molecule has 1 atom stereocenters. The minimum Gasteiger partial charge on any atom is -0.494 e. The quantitative estimate of drug-likeness (QED) is 0.648. The van der Waals surface area contributed by atoms with Crippen LogP contribution in [-0.2, 0) is 16.0 Å². The number of carbonyl (C=O) groups is 2. The van der Waals surface area contributed by atoms with E-state index in [1.165, 1.54) is 0 Å². The molecule has 0 aliphatic heterocycles. The summed E-state index contributed by atoms with van der Waals surface area (Å²) >= 11 is 0. The number of para-hydroxylation sites is 1. The molecule has 0 radical (unpaired) electrons. The van der Waals surface area contributed by atoms with Crippen LogP contribution in [0.25, 0.3) is 0 Å². The summed E-state index contributed by atoms with van der Waals surface area (Å²) < 4.78 is 5.44. The second-order valence-corrected chi connectivity index (χ2v) is 4.18. The number of carboxylic acid groups (broad SMARTS) is 1. The molecule has 1 rings (SSSR count). The van der Waals surface area contributed by atoms with Crippen molar-refractivity contribution in [3.05, 3.63) is 29.8 Å². The van der Waals surface area contributed by atoms with E-state index in [1.54, 1.807) is 0 Å². The predicted octanol–water partition coefficient (Wildman–Crippen LogP) is 0.580. The van der Waals surface area contributed by atoms with Crippen molar-refractivity contribution in [1.29, 1.82) is 0 Å². The number of aliphatic hydroxyl groups is 1. The molecule has 0 aliphatic carbocycles. The summed E-state index contributed by atoms with van der Waals surface area (Å²) in [6, 6.07) is 6.12. The van der Waals surface area contributed by atoms with Crippen LogP contribution in [0.3, 0.4) is 0 Å². The highest BCUT2D eigenvalue weighted by Gasteiger charge is 2.18. The first-order chi connectivity index (χ1) is 9.58. The molecule has 1 amide bonds. The van der Waals surface area contributed by atoms with E-state index >= 15 is 0 Å². The van der Waals surface area contributed by atoms with Gasteiger partial charge in [0.15, 0.2) is 0 Å². The van der Waals surface area contributed by atoms with Crippen LogP contribution in [0.2, 0.25) is 0 Å². The van der Waals surface area contributed by atoms with Crippen LogP contribution in [0, 0.1) is 0 Å². The Balaban J connectivity index is 2.54. The SMILES string of the molecule is CCOc1ccccc1CCC(=O)NC(CO)C(=O)O. The third-order valence-corrected chi connectivity index (χ3v) is 2.71. The van der Waals surface area contributed by atoms with Gasteiger partial charge in [-0.3, -0.25) is 4.79 Å². The molecule has 0 saturated carbocycles. The first-order valence-electron chi connectivity index (χ1n) is 6.42. The molecule has 0 saturated heterocycles. The minimum atomic E-state index is -1.26. The topological polar surface area (TPSA) is 95.9 Å². The Morgan fingerprint density at radius 2 is 2.05 bits per heavy atom. The Morgan fingerprint density at radius 3 is 2.65 bits per heavy atom. The van der Waals surface area contributed by atoms with E-state index in [4.69, 9.17) is 14.9 Å². The largest absolute Gasteiger partial charge is 0.494 e. The Bertz CT molecular complexity index is 461. The van der Waals surface area contributed by atoms with Crippen molar-refractivity contribution in [1.82, 2.24) is 5.32 Å². The third-order valence-electron chi connectivity index (χ3n) is 2.71. The summed E-state index contributed by atoms with van der Waals surface area (Å²) in [6.07, 6.45) is 0.577. The molecule has 6 heteroatoms. The number of ether oxygens (including phenoxy) is 1. The smallest absolute Gasteiger partial charge is 0.328 e. The van der Waals surface area contributed by atoms with E-state index in [0.717, 1.165) is 11.3 Å². The number of aryl methyl sites for hydroxylation is 1. The van der Waals surface area contributed by atoms with Crippen molar-refractivity contribution in [2.24, 2.45) is 0 Å². The van der Waals surface area contributed by atoms with Crippen molar-refractivity contribution in [2.75, 3.05) is 13.2 Å². The van der Waals surface area contributed by atoms with Gasteiger partial charge in [-0.2, -0.15) is 0 Å². The van der Waals surface area contributed by atoms with E-state index in [2.05, 4.69) is 5.32 Å². The first-order valence-corrected chi connectivity index (χ1v) is 6.42. The standard InChI is InChI=1S/C14H19NO5/c1-2-20-12-6-4-3-5-10(12)7-8-13(17)15-11(9-16)14(18)19/h3-6,11,16H,2,7-9H2,1H3,(H,15,17)(H,18,19). The Hall–Kier alpha value is -2.08. The molecule has 0 spiro atoms. The lowest BCUT2D eigenvalue weighted by Gasteiger charge is -2.12. The molecule has 110 valence electrons. The number of hydrogen-bond acceptors (Lipinski definition) is 4.